The molecule has 0 saturated heterocycles. The summed E-state index contributed by atoms with van der Waals surface area (Å²) in [6.07, 6.45) is 0.855. The fraction of sp³-hybridized carbons (Fsp3) is 0.350. The minimum atomic E-state index is -0.345. The van der Waals surface area contributed by atoms with Gasteiger partial charge < -0.3 is 4.74 Å². The van der Waals surface area contributed by atoms with Crippen LogP contribution < -0.4 is 5.56 Å². The first-order valence-corrected chi connectivity index (χ1v) is 11.6. The Morgan fingerprint density at radius 3 is 2.79 bits per heavy atom. The number of carbonyl (C=O) groups is 1. The first-order valence-electron chi connectivity index (χ1n) is 8.86. The number of thiophene rings is 1. The van der Waals surface area contributed by atoms with E-state index in [1.165, 1.54) is 23.7 Å². The Labute approximate surface area is 175 Å². The number of ether oxygens (including phenoxy) is 1. The monoisotopic (exact) mass is 432 g/mol. The molecule has 0 N–H and O–H groups in total. The molecular formula is C20H20N2O3S3. The number of hydrogen-bond acceptors (Lipinski definition) is 7. The third-order valence-corrected chi connectivity index (χ3v) is 8.21. The van der Waals surface area contributed by atoms with Crippen LogP contribution >= 0.6 is 34.9 Å². The number of esters is 1. The molecule has 0 atom stereocenters. The molecule has 0 amide bonds. The van der Waals surface area contributed by atoms with Gasteiger partial charge >= 0.3 is 5.97 Å². The summed E-state index contributed by atoms with van der Waals surface area (Å²) in [4.78, 5) is 32.0. The van der Waals surface area contributed by atoms with E-state index in [4.69, 9.17) is 9.72 Å². The highest BCUT2D eigenvalue weighted by Crippen LogP contribution is 2.44. The van der Waals surface area contributed by atoms with Crippen molar-refractivity contribution in [3.05, 3.63) is 51.1 Å². The maximum atomic E-state index is 13.6. The van der Waals surface area contributed by atoms with Gasteiger partial charge in [0.1, 0.15) is 4.83 Å². The van der Waals surface area contributed by atoms with Crippen molar-refractivity contribution in [3.63, 3.8) is 0 Å². The second-order valence-corrected chi connectivity index (χ2v) is 10.9. The number of nitrogens with zero attached hydrogens (tertiary/aromatic N) is 2. The summed E-state index contributed by atoms with van der Waals surface area (Å²) in [5, 5.41) is 1.24. The number of hydrogen-bond donors (Lipinski definition) is 0. The summed E-state index contributed by atoms with van der Waals surface area (Å²) >= 11 is 4.74. The molecule has 0 saturated carbocycles. The average Bonchev–Trinajstić information content (AvgIpc) is 3.03. The van der Waals surface area contributed by atoms with Gasteiger partial charge in [-0.2, -0.15) is 0 Å². The molecule has 8 heteroatoms. The first kappa shape index (κ1) is 19.5. The van der Waals surface area contributed by atoms with Crippen molar-refractivity contribution in [2.75, 3.05) is 12.9 Å². The molecule has 5 nitrogen and oxygen atoms in total. The highest BCUT2D eigenvalue weighted by atomic mass is 32.2. The van der Waals surface area contributed by atoms with E-state index in [1.807, 2.05) is 42.1 Å². The van der Waals surface area contributed by atoms with Crippen LogP contribution in [0, 0.1) is 0 Å². The van der Waals surface area contributed by atoms with Gasteiger partial charge in [0.2, 0.25) is 0 Å². The van der Waals surface area contributed by atoms with E-state index < -0.39 is 0 Å². The van der Waals surface area contributed by atoms with Gasteiger partial charge in [0, 0.05) is 15.4 Å². The fourth-order valence-corrected chi connectivity index (χ4v) is 6.48. The number of rotatable bonds is 4. The molecule has 0 aliphatic carbocycles. The normalized spacial score (nSPS) is 15.4. The Balaban J connectivity index is 1.93. The number of carbonyl (C=O) groups excluding carboxylic acids is 1. The van der Waals surface area contributed by atoms with Crippen molar-refractivity contribution in [1.82, 2.24) is 9.55 Å². The standard InChI is InChI=1S/C20H20N2O3S3/c1-20(2)9-13-14(10-27-20)28-17-16(13)18(24)22(12-7-5-4-6-8-12)19(21-17)26-11-15(23)25-3/h4-8H,9-11H2,1-3H3. The number of fused-ring (bicyclic) bond motifs is 3. The van der Waals surface area contributed by atoms with Gasteiger partial charge in [0.05, 0.1) is 23.9 Å². The van der Waals surface area contributed by atoms with Gasteiger partial charge in [-0.15, -0.1) is 23.1 Å². The van der Waals surface area contributed by atoms with Gasteiger partial charge in [-0.25, -0.2) is 4.98 Å². The Morgan fingerprint density at radius 1 is 1.32 bits per heavy atom. The predicted octanol–water partition coefficient (Wildman–Crippen LogP) is 4.28. The van der Waals surface area contributed by atoms with Crippen molar-refractivity contribution in [3.8, 4) is 5.69 Å². The van der Waals surface area contributed by atoms with E-state index >= 15 is 0 Å². The van der Waals surface area contributed by atoms with E-state index in [-0.39, 0.29) is 22.0 Å². The van der Waals surface area contributed by atoms with Crippen LogP contribution in [0.2, 0.25) is 0 Å². The molecule has 0 bridgehead atoms. The molecule has 28 heavy (non-hydrogen) atoms. The van der Waals surface area contributed by atoms with Gasteiger partial charge in [0.15, 0.2) is 5.16 Å². The summed E-state index contributed by atoms with van der Waals surface area (Å²) in [6, 6.07) is 9.46. The molecule has 3 heterocycles. The largest absolute Gasteiger partial charge is 0.468 e. The quantitative estimate of drug-likeness (QED) is 0.348. The molecule has 4 rings (SSSR count). The summed E-state index contributed by atoms with van der Waals surface area (Å²) in [6.45, 7) is 4.43. The zero-order valence-corrected chi connectivity index (χ0v) is 18.3. The Hall–Kier alpha value is -1.77. The van der Waals surface area contributed by atoms with Crippen LogP contribution in [0.1, 0.15) is 24.3 Å². The van der Waals surface area contributed by atoms with Crippen molar-refractivity contribution < 1.29 is 9.53 Å². The highest BCUT2D eigenvalue weighted by Gasteiger charge is 2.31. The van der Waals surface area contributed by atoms with Crippen LogP contribution in [0.25, 0.3) is 15.9 Å². The van der Waals surface area contributed by atoms with Crippen LogP contribution in [0.4, 0.5) is 0 Å². The molecule has 146 valence electrons. The summed E-state index contributed by atoms with van der Waals surface area (Å²) in [5.41, 5.74) is 1.82. The highest BCUT2D eigenvalue weighted by molar-refractivity contribution is 8.00. The van der Waals surface area contributed by atoms with E-state index in [0.29, 0.717) is 5.16 Å². The Bertz CT molecular complexity index is 1100. The molecule has 1 aromatic carbocycles. The number of methoxy groups -OCH3 is 1. The molecular weight excluding hydrogens is 412 g/mol. The Kier molecular flexibility index (Phi) is 5.28. The number of benzene rings is 1. The van der Waals surface area contributed by atoms with E-state index in [0.717, 1.165) is 33.6 Å². The molecule has 0 fully saturated rings. The maximum absolute atomic E-state index is 13.6. The van der Waals surface area contributed by atoms with Gasteiger partial charge in [-0.05, 0) is 24.1 Å². The lowest BCUT2D eigenvalue weighted by molar-refractivity contribution is -0.137. The third-order valence-electron chi connectivity index (χ3n) is 4.64. The van der Waals surface area contributed by atoms with Gasteiger partial charge in [-0.1, -0.05) is 43.8 Å². The number of thioether (sulfide) groups is 2. The zero-order valence-electron chi connectivity index (χ0n) is 15.9. The van der Waals surface area contributed by atoms with Gasteiger partial charge in [0.25, 0.3) is 5.56 Å². The van der Waals surface area contributed by atoms with Gasteiger partial charge in [-0.3, -0.25) is 14.2 Å². The summed E-state index contributed by atoms with van der Waals surface area (Å²) < 4.78 is 6.47. The molecule has 0 radical (unpaired) electrons. The maximum Gasteiger partial charge on any atom is 0.316 e. The van der Waals surface area contributed by atoms with Crippen LogP contribution in [-0.2, 0) is 21.7 Å². The third kappa shape index (κ3) is 3.60. The minimum absolute atomic E-state index is 0.0660. The second-order valence-electron chi connectivity index (χ2n) is 7.14. The molecule has 1 aliphatic rings. The summed E-state index contributed by atoms with van der Waals surface area (Å²) in [7, 11) is 1.36. The topological polar surface area (TPSA) is 61.2 Å². The zero-order chi connectivity index (χ0) is 19.9. The predicted molar refractivity (Wildman–Crippen MR) is 117 cm³/mol. The van der Waals surface area contributed by atoms with E-state index in [1.54, 1.807) is 15.9 Å². The smallest absolute Gasteiger partial charge is 0.316 e. The lowest BCUT2D eigenvalue weighted by Crippen LogP contribution is -2.26. The van der Waals surface area contributed by atoms with Crippen molar-refractivity contribution in [2.45, 2.75) is 35.9 Å². The van der Waals surface area contributed by atoms with Crippen LogP contribution in [0.5, 0.6) is 0 Å². The Morgan fingerprint density at radius 2 is 2.07 bits per heavy atom. The lowest BCUT2D eigenvalue weighted by Gasteiger charge is -2.28. The fourth-order valence-electron chi connectivity index (χ4n) is 3.26. The molecule has 2 aromatic heterocycles. The average molecular weight is 433 g/mol. The van der Waals surface area contributed by atoms with Crippen LogP contribution in [0.15, 0.2) is 40.3 Å². The second kappa shape index (κ2) is 7.57. The summed E-state index contributed by atoms with van der Waals surface area (Å²) in [5.74, 6) is 0.663. The number of para-hydroxylation sites is 1. The van der Waals surface area contributed by atoms with Crippen LogP contribution in [0.3, 0.4) is 0 Å². The lowest BCUT2D eigenvalue weighted by atomic mass is 10.00. The SMILES string of the molecule is COC(=O)CSc1nc2sc3c(c2c(=O)n1-c1ccccc1)CC(C)(C)SC3. The van der Waals surface area contributed by atoms with Crippen LogP contribution in [-0.4, -0.2) is 33.1 Å². The molecule has 3 aromatic rings. The van der Waals surface area contributed by atoms with Crippen molar-refractivity contribution in [1.29, 1.82) is 0 Å². The minimum Gasteiger partial charge on any atom is -0.468 e. The van der Waals surface area contributed by atoms with E-state index in [2.05, 4.69) is 13.8 Å². The molecule has 0 spiro atoms. The van der Waals surface area contributed by atoms with Crippen molar-refractivity contribution in [2.24, 2.45) is 0 Å². The molecule has 0 unspecified atom stereocenters. The molecule has 1 aliphatic heterocycles. The number of aromatic nitrogens is 2. The first-order chi connectivity index (χ1) is 13.4. The van der Waals surface area contributed by atoms with E-state index in [9.17, 15) is 9.59 Å². The van der Waals surface area contributed by atoms with Crippen molar-refractivity contribution >= 4 is 51.0 Å².